The van der Waals surface area contributed by atoms with Gasteiger partial charge >= 0.3 is 0 Å². The van der Waals surface area contributed by atoms with Crippen LogP contribution in [0.2, 0.25) is 0 Å². The van der Waals surface area contributed by atoms with E-state index in [-0.39, 0.29) is 0 Å². The summed E-state index contributed by atoms with van der Waals surface area (Å²) >= 11 is 0. The topological polar surface area (TPSA) is 59.0 Å². The van der Waals surface area contributed by atoms with Gasteiger partial charge in [-0.05, 0) is 31.4 Å². The van der Waals surface area contributed by atoms with Gasteiger partial charge in [-0.25, -0.2) is 0 Å². The summed E-state index contributed by atoms with van der Waals surface area (Å²) in [7, 11) is 0. The van der Waals surface area contributed by atoms with Gasteiger partial charge in [0.25, 0.3) is 0 Å². The minimum Gasteiger partial charge on any atom is -0.493 e. The molecule has 2 aromatic carbocycles. The number of para-hydroxylation sites is 1. The lowest BCUT2D eigenvalue weighted by molar-refractivity contribution is 0.297. The van der Waals surface area contributed by atoms with Crippen molar-refractivity contribution in [3.8, 4) is 22.9 Å². The standard InChI is InChI=1S/C18H20N2O/c1-18(20,14-19)12-7-13-21-17-11-6-5-10-16(17)15-8-3-2-4-9-15/h2-6,8-11H,7,12-13,20H2,1H3. The number of hydrogen-bond donors (Lipinski definition) is 1. The molecule has 21 heavy (non-hydrogen) atoms. The van der Waals surface area contributed by atoms with Crippen molar-refractivity contribution in [2.45, 2.75) is 25.3 Å². The Kier molecular flexibility index (Phi) is 4.97. The predicted molar refractivity (Wildman–Crippen MR) is 84.8 cm³/mol. The minimum absolute atomic E-state index is 0.554. The zero-order valence-electron chi connectivity index (χ0n) is 12.3. The van der Waals surface area contributed by atoms with Gasteiger partial charge in [-0.15, -0.1) is 0 Å². The summed E-state index contributed by atoms with van der Waals surface area (Å²) < 4.78 is 5.87. The Morgan fingerprint density at radius 2 is 1.76 bits per heavy atom. The molecule has 0 amide bonds. The van der Waals surface area contributed by atoms with Crippen molar-refractivity contribution < 1.29 is 4.74 Å². The van der Waals surface area contributed by atoms with E-state index in [0.717, 1.165) is 23.3 Å². The molecule has 0 saturated heterocycles. The fraction of sp³-hybridized carbons (Fsp3) is 0.278. The lowest BCUT2D eigenvalue weighted by Crippen LogP contribution is -2.34. The summed E-state index contributed by atoms with van der Waals surface area (Å²) in [4.78, 5) is 0. The van der Waals surface area contributed by atoms with Gasteiger partial charge in [0, 0.05) is 5.56 Å². The molecule has 0 spiro atoms. The number of rotatable bonds is 6. The van der Waals surface area contributed by atoms with E-state index in [0.29, 0.717) is 13.0 Å². The van der Waals surface area contributed by atoms with Crippen LogP contribution < -0.4 is 10.5 Å². The Balaban J connectivity index is 2.00. The molecule has 0 aliphatic carbocycles. The Bertz CT molecular complexity index is 615. The zero-order chi connectivity index (χ0) is 15.1. The highest BCUT2D eigenvalue weighted by atomic mass is 16.5. The lowest BCUT2D eigenvalue weighted by atomic mass is 10.00. The van der Waals surface area contributed by atoms with Crippen molar-refractivity contribution in [3.05, 3.63) is 54.6 Å². The second-order valence-electron chi connectivity index (χ2n) is 5.34. The second-order valence-corrected chi connectivity index (χ2v) is 5.34. The molecule has 3 nitrogen and oxygen atoms in total. The van der Waals surface area contributed by atoms with E-state index < -0.39 is 5.54 Å². The van der Waals surface area contributed by atoms with Crippen molar-refractivity contribution in [2.24, 2.45) is 5.73 Å². The first kappa shape index (κ1) is 15.1. The van der Waals surface area contributed by atoms with Crippen LogP contribution in [0.5, 0.6) is 5.75 Å². The molecule has 0 fully saturated rings. The number of hydrogen-bond acceptors (Lipinski definition) is 3. The first-order chi connectivity index (χ1) is 10.1. The van der Waals surface area contributed by atoms with Crippen LogP contribution in [0.15, 0.2) is 54.6 Å². The van der Waals surface area contributed by atoms with Crippen molar-refractivity contribution in [3.63, 3.8) is 0 Å². The lowest BCUT2D eigenvalue weighted by Gasteiger charge is -2.16. The van der Waals surface area contributed by atoms with Crippen LogP contribution in [-0.4, -0.2) is 12.1 Å². The Morgan fingerprint density at radius 1 is 1.10 bits per heavy atom. The van der Waals surface area contributed by atoms with E-state index in [1.54, 1.807) is 6.92 Å². The largest absolute Gasteiger partial charge is 0.493 e. The molecule has 2 rings (SSSR count). The van der Waals surface area contributed by atoms with Crippen molar-refractivity contribution in [1.82, 2.24) is 0 Å². The van der Waals surface area contributed by atoms with Gasteiger partial charge in [0.1, 0.15) is 11.3 Å². The molecule has 108 valence electrons. The maximum absolute atomic E-state index is 8.89. The number of nitrogens with two attached hydrogens (primary N) is 1. The van der Waals surface area contributed by atoms with Gasteiger partial charge < -0.3 is 10.5 Å². The normalized spacial score (nSPS) is 13.2. The van der Waals surface area contributed by atoms with E-state index in [9.17, 15) is 0 Å². The van der Waals surface area contributed by atoms with E-state index in [1.165, 1.54) is 0 Å². The molecule has 1 atom stereocenters. The van der Waals surface area contributed by atoms with E-state index >= 15 is 0 Å². The average molecular weight is 280 g/mol. The van der Waals surface area contributed by atoms with Gasteiger partial charge in [-0.1, -0.05) is 48.5 Å². The number of nitriles is 1. The molecule has 0 aliphatic rings. The third kappa shape index (κ3) is 4.34. The first-order valence-corrected chi connectivity index (χ1v) is 7.10. The Morgan fingerprint density at radius 3 is 2.48 bits per heavy atom. The van der Waals surface area contributed by atoms with E-state index in [4.69, 9.17) is 15.7 Å². The quantitative estimate of drug-likeness (QED) is 0.820. The summed E-state index contributed by atoms with van der Waals surface area (Å²) in [6, 6.07) is 20.2. The summed E-state index contributed by atoms with van der Waals surface area (Å²) in [6.07, 6.45) is 1.38. The summed E-state index contributed by atoms with van der Waals surface area (Å²) in [5, 5.41) is 8.89. The number of ether oxygens (including phenoxy) is 1. The van der Waals surface area contributed by atoms with Crippen molar-refractivity contribution in [1.29, 1.82) is 5.26 Å². The highest BCUT2D eigenvalue weighted by molar-refractivity contribution is 5.70. The predicted octanol–water partition coefficient (Wildman–Crippen LogP) is 3.75. The van der Waals surface area contributed by atoms with Crippen LogP contribution >= 0.6 is 0 Å². The molecule has 0 saturated carbocycles. The second kappa shape index (κ2) is 6.92. The monoisotopic (exact) mass is 280 g/mol. The SMILES string of the molecule is CC(N)(C#N)CCCOc1ccccc1-c1ccccc1. The summed E-state index contributed by atoms with van der Waals surface area (Å²) in [5.74, 6) is 0.861. The number of nitrogens with zero attached hydrogens (tertiary/aromatic N) is 1. The minimum atomic E-state index is -0.775. The number of benzene rings is 2. The third-order valence-electron chi connectivity index (χ3n) is 3.33. The Hall–Kier alpha value is -2.31. The third-order valence-corrected chi connectivity index (χ3v) is 3.33. The van der Waals surface area contributed by atoms with Gasteiger partial charge in [0.2, 0.25) is 0 Å². The van der Waals surface area contributed by atoms with Gasteiger partial charge in [0.05, 0.1) is 12.7 Å². The fourth-order valence-electron chi connectivity index (χ4n) is 2.13. The van der Waals surface area contributed by atoms with E-state index in [2.05, 4.69) is 18.2 Å². The maximum atomic E-state index is 8.89. The molecule has 2 N–H and O–H groups in total. The van der Waals surface area contributed by atoms with Gasteiger partial charge in [0.15, 0.2) is 0 Å². The smallest absolute Gasteiger partial charge is 0.127 e. The van der Waals surface area contributed by atoms with Crippen LogP contribution in [0.25, 0.3) is 11.1 Å². The zero-order valence-corrected chi connectivity index (χ0v) is 12.3. The molecular formula is C18H20N2O. The van der Waals surface area contributed by atoms with Gasteiger partial charge in [-0.3, -0.25) is 0 Å². The first-order valence-electron chi connectivity index (χ1n) is 7.10. The highest BCUT2D eigenvalue weighted by Crippen LogP contribution is 2.29. The van der Waals surface area contributed by atoms with Crippen LogP contribution in [0.3, 0.4) is 0 Å². The maximum Gasteiger partial charge on any atom is 0.127 e. The fourth-order valence-corrected chi connectivity index (χ4v) is 2.13. The summed E-state index contributed by atoms with van der Waals surface area (Å²) in [5.41, 5.74) is 7.24. The van der Waals surface area contributed by atoms with Crippen LogP contribution in [0, 0.1) is 11.3 Å². The molecule has 2 aromatic rings. The average Bonchev–Trinajstić information content (AvgIpc) is 2.53. The molecule has 3 heteroatoms. The Labute approximate surface area is 126 Å². The molecule has 0 bridgehead atoms. The molecule has 0 aromatic heterocycles. The van der Waals surface area contributed by atoms with Crippen molar-refractivity contribution >= 4 is 0 Å². The molecule has 0 aliphatic heterocycles. The van der Waals surface area contributed by atoms with Crippen LogP contribution in [0.4, 0.5) is 0 Å². The van der Waals surface area contributed by atoms with Crippen LogP contribution in [-0.2, 0) is 0 Å². The molecule has 0 radical (unpaired) electrons. The van der Waals surface area contributed by atoms with Crippen LogP contribution in [0.1, 0.15) is 19.8 Å². The van der Waals surface area contributed by atoms with E-state index in [1.807, 2.05) is 42.5 Å². The highest BCUT2D eigenvalue weighted by Gasteiger charge is 2.16. The molecular weight excluding hydrogens is 260 g/mol. The van der Waals surface area contributed by atoms with Gasteiger partial charge in [-0.2, -0.15) is 5.26 Å². The van der Waals surface area contributed by atoms with Crippen molar-refractivity contribution in [2.75, 3.05) is 6.61 Å². The molecule has 0 heterocycles. The molecule has 1 unspecified atom stereocenters. The summed E-state index contributed by atoms with van der Waals surface area (Å²) in [6.45, 7) is 2.29.